The highest BCUT2D eigenvalue weighted by Gasteiger charge is 2.20. The van der Waals surface area contributed by atoms with Gasteiger partial charge in [0.15, 0.2) is 6.10 Å². The molecule has 1 saturated carbocycles. The summed E-state index contributed by atoms with van der Waals surface area (Å²) in [5, 5.41) is 5.67. The van der Waals surface area contributed by atoms with Gasteiger partial charge in [-0.15, -0.1) is 0 Å². The lowest BCUT2D eigenvalue weighted by Gasteiger charge is -2.23. The van der Waals surface area contributed by atoms with Gasteiger partial charge in [-0.25, -0.2) is 4.79 Å². The number of carbonyl (C=O) groups is 2. The van der Waals surface area contributed by atoms with Gasteiger partial charge in [-0.1, -0.05) is 36.9 Å². The Balaban J connectivity index is 1.79. The van der Waals surface area contributed by atoms with E-state index in [1.54, 1.807) is 31.2 Å². The standard InChI is InChI=1S/C16H21ClN2O3/c1-11(22-14-9-5-6-12(17)10-14)15(20)19-16(21)18-13-7-3-2-4-8-13/h5-6,9-11,13H,2-4,7-8H2,1H3,(H2,18,19,20,21)/t11-/m0/s1. The topological polar surface area (TPSA) is 67.4 Å². The van der Waals surface area contributed by atoms with E-state index >= 15 is 0 Å². The van der Waals surface area contributed by atoms with Crippen molar-refractivity contribution >= 4 is 23.5 Å². The predicted octanol–water partition coefficient (Wildman–Crippen LogP) is 3.27. The molecule has 1 aromatic carbocycles. The molecule has 3 amide bonds. The second-order valence-electron chi connectivity index (χ2n) is 5.52. The number of nitrogens with one attached hydrogen (secondary N) is 2. The van der Waals surface area contributed by atoms with Gasteiger partial charge in [0.05, 0.1) is 0 Å². The molecule has 0 heterocycles. The monoisotopic (exact) mass is 324 g/mol. The summed E-state index contributed by atoms with van der Waals surface area (Å²) in [4.78, 5) is 23.8. The van der Waals surface area contributed by atoms with Crippen LogP contribution in [0.4, 0.5) is 4.79 Å². The fraction of sp³-hybridized carbons (Fsp3) is 0.500. The molecule has 0 bridgehead atoms. The third-order valence-corrected chi connectivity index (χ3v) is 3.89. The van der Waals surface area contributed by atoms with Crippen LogP contribution < -0.4 is 15.4 Å². The molecule has 120 valence electrons. The van der Waals surface area contributed by atoms with Crippen LogP contribution in [0.2, 0.25) is 5.02 Å². The molecule has 6 heteroatoms. The van der Waals surface area contributed by atoms with E-state index < -0.39 is 18.0 Å². The van der Waals surface area contributed by atoms with E-state index in [0.29, 0.717) is 10.8 Å². The Morgan fingerprint density at radius 1 is 1.27 bits per heavy atom. The van der Waals surface area contributed by atoms with Gasteiger partial charge >= 0.3 is 6.03 Å². The van der Waals surface area contributed by atoms with Crippen LogP contribution in [0.25, 0.3) is 0 Å². The van der Waals surface area contributed by atoms with E-state index in [-0.39, 0.29) is 6.04 Å². The average molecular weight is 325 g/mol. The molecule has 0 aromatic heterocycles. The molecule has 1 aliphatic rings. The fourth-order valence-corrected chi connectivity index (χ4v) is 2.66. The van der Waals surface area contributed by atoms with Crippen molar-refractivity contribution in [1.29, 1.82) is 0 Å². The number of ether oxygens (including phenoxy) is 1. The van der Waals surface area contributed by atoms with Crippen LogP contribution in [0.5, 0.6) is 5.75 Å². The van der Waals surface area contributed by atoms with Crippen molar-refractivity contribution in [2.75, 3.05) is 0 Å². The minimum absolute atomic E-state index is 0.158. The minimum atomic E-state index is -0.782. The normalized spacial score (nSPS) is 16.6. The molecule has 0 aliphatic heterocycles. The van der Waals surface area contributed by atoms with Crippen LogP contribution in [0.15, 0.2) is 24.3 Å². The first-order valence-corrected chi connectivity index (χ1v) is 7.96. The van der Waals surface area contributed by atoms with Crippen molar-refractivity contribution < 1.29 is 14.3 Å². The number of hydrogen-bond acceptors (Lipinski definition) is 3. The highest BCUT2D eigenvalue weighted by Crippen LogP contribution is 2.19. The van der Waals surface area contributed by atoms with Gasteiger partial charge < -0.3 is 10.1 Å². The first-order valence-electron chi connectivity index (χ1n) is 7.58. The first kappa shape index (κ1) is 16.6. The fourth-order valence-electron chi connectivity index (χ4n) is 2.48. The van der Waals surface area contributed by atoms with Crippen molar-refractivity contribution in [3.8, 4) is 5.75 Å². The third kappa shape index (κ3) is 5.22. The molecule has 0 saturated heterocycles. The molecule has 5 nitrogen and oxygen atoms in total. The van der Waals surface area contributed by atoms with Gasteiger partial charge in [0.1, 0.15) is 5.75 Å². The largest absolute Gasteiger partial charge is 0.481 e. The Labute approximate surface area is 135 Å². The van der Waals surface area contributed by atoms with Crippen molar-refractivity contribution in [3.05, 3.63) is 29.3 Å². The van der Waals surface area contributed by atoms with Crippen LogP contribution in [0.1, 0.15) is 39.0 Å². The number of imide groups is 1. The minimum Gasteiger partial charge on any atom is -0.481 e. The lowest BCUT2D eigenvalue weighted by Crippen LogP contribution is -2.48. The molecule has 1 fully saturated rings. The Kier molecular flexibility index (Phi) is 6.07. The van der Waals surface area contributed by atoms with E-state index in [2.05, 4.69) is 10.6 Å². The van der Waals surface area contributed by atoms with Crippen molar-refractivity contribution in [3.63, 3.8) is 0 Å². The van der Waals surface area contributed by atoms with Crippen molar-refractivity contribution in [2.24, 2.45) is 0 Å². The zero-order chi connectivity index (χ0) is 15.9. The Bertz CT molecular complexity index is 530. The molecule has 0 radical (unpaired) electrons. The van der Waals surface area contributed by atoms with Gasteiger partial charge in [0.25, 0.3) is 5.91 Å². The number of urea groups is 1. The zero-order valence-corrected chi connectivity index (χ0v) is 13.4. The van der Waals surface area contributed by atoms with Crippen LogP contribution in [0, 0.1) is 0 Å². The summed E-state index contributed by atoms with van der Waals surface area (Å²) in [6, 6.07) is 6.48. The number of hydrogen-bond donors (Lipinski definition) is 2. The average Bonchev–Trinajstić information content (AvgIpc) is 2.48. The van der Waals surface area contributed by atoms with Gasteiger partial charge in [0.2, 0.25) is 0 Å². The maximum absolute atomic E-state index is 12.0. The van der Waals surface area contributed by atoms with Crippen LogP contribution in [0.3, 0.4) is 0 Å². The van der Waals surface area contributed by atoms with Crippen molar-refractivity contribution in [1.82, 2.24) is 10.6 Å². The van der Waals surface area contributed by atoms with Crippen LogP contribution >= 0.6 is 11.6 Å². The van der Waals surface area contributed by atoms with Crippen LogP contribution in [-0.4, -0.2) is 24.1 Å². The van der Waals surface area contributed by atoms with E-state index in [9.17, 15) is 9.59 Å². The summed E-state index contributed by atoms with van der Waals surface area (Å²) in [5.41, 5.74) is 0. The summed E-state index contributed by atoms with van der Waals surface area (Å²) in [6.07, 6.45) is 4.60. The van der Waals surface area contributed by atoms with Crippen molar-refractivity contribution in [2.45, 2.75) is 51.2 Å². The Morgan fingerprint density at radius 2 is 2.00 bits per heavy atom. The lowest BCUT2D eigenvalue weighted by atomic mass is 9.96. The SMILES string of the molecule is C[C@H](Oc1cccc(Cl)c1)C(=O)NC(=O)NC1CCCCC1. The van der Waals surface area contributed by atoms with Crippen LogP contribution in [-0.2, 0) is 4.79 Å². The van der Waals surface area contributed by atoms with E-state index in [0.717, 1.165) is 25.7 Å². The summed E-state index contributed by atoms with van der Waals surface area (Å²) in [6.45, 7) is 1.59. The molecule has 1 aromatic rings. The second-order valence-corrected chi connectivity index (χ2v) is 5.95. The number of halogens is 1. The number of rotatable bonds is 4. The maximum atomic E-state index is 12.0. The van der Waals surface area contributed by atoms with E-state index in [4.69, 9.17) is 16.3 Å². The van der Waals surface area contributed by atoms with E-state index in [1.165, 1.54) is 6.42 Å². The molecule has 0 unspecified atom stereocenters. The molecule has 22 heavy (non-hydrogen) atoms. The molecule has 2 N–H and O–H groups in total. The van der Waals surface area contributed by atoms with Gasteiger partial charge in [0, 0.05) is 11.1 Å². The van der Waals surface area contributed by atoms with Gasteiger partial charge in [-0.05, 0) is 38.0 Å². The molecular formula is C16H21ClN2O3. The quantitative estimate of drug-likeness (QED) is 0.893. The smallest absolute Gasteiger partial charge is 0.321 e. The lowest BCUT2D eigenvalue weighted by molar-refractivity contribution is -0.126. The maximum Gasteiger partial charge on any atom is 0.321 e. The zero-order valence-electron chi connectivity index (χ0n) is 12.6. The molecule has 1 aliphatic carbocycles. The predicted molar refractivity (Wildman–Crippen MR) is 85.1 cm³/mol. The summed E-state index contributed by atoms with van der Waals surface area (Å²) in [5.74, 6) is 0.0103. The highest BCUT2D eigenvalue weighted by molar-refractivity contribution is 6.30. The molecule has 1 atom stereocenters. The summed E-state index contributed by atoms with van der Waals surface area (Å²) in [7, 11) is 0. The van der Waals surface area contributed by atoms with Gasteiger partial charge in [-0.2, -0.15) is 0 Å². The highest BCUT2D eigenvalue weighted by atomic mass is 35.5. The second kappa shape index (κ2) is 8.03. The number of amides is 3. The molecule has 2 rings (SSSR count). The van der Waals surface area contributed by atoms with Gasteiger partial charge in [-0.3, -0.25) is 10.1 Å². The third-order valence-electron chi connectivity index (χ3n) is 3.66. The summed E-state index contributed by atoms with van der Waals surface area (Å²) < 4.78 is 5.47. The number of benzene rings is 1. The Morgan fingerprint density at radius 3 is 2.68 bits per heavy atom. The molecular weight excluding hydrogens is 304 g/mol. The van der Waals surface area contributed by atoms with E-state index in [1.807, 2.05) is 0 Å². The summed E-state index contributed by atoms with van der Waals surface area (Å²) >= 11 is 5.86. The first-order chi connectivity index (χ1) is 10.5. The molecule has 0 spiro atoms. The number of carbonyl (C=O) groups excluding carboxylic acids is 2. The Hall–Kier alpha value is -1.75.